The third kappa shape index (κ3) is 7.49. The van der Waals surface area contributed by atoms with E-state index in [1.54, 1.807) is 63.4 Å². The number of Topliss-reactive ketones (excluding diaryl/α,β-unsaturated/α-hetero) is 1. The molecule has 14 heteroatoms. The van der Waals surface area contributed by atoms with E-state index in [2.05, 4.69) is 5.32 Å². The summed E-state index contributed by atoms with van der Waals surface area (Å²) >= 11 is 0. The topological polar surface area (TPSA) is 198 Å². The Morgan fingerprint density at radius 2 is 1.65 bits per heavy atom. The molecular weight excluding hydrogens is 771 g/mol. The Morgan fingerprint density at radius 1 is 0.967 bits per heavy atom. The van der Waals surface area contributed by atoms with Crippen molar-refractivity contribution in [3.63, 3.8) is 0 Å². The number of anilines is 1. The van der Waals surface area contributed by atoms with Crippen molar-refractivity contribution in [3.05, 3.63) is 71.2 Å². The molecule has 0 aliphatic carbocycles. The molecule has 6 rings (SSSR count). The van der Waals surface area contributed by atoms with Crippen LogP contribution in [0.15, 0.2) is 54.5 Å². The SMILES string of the molecule is CO[C@H]1/C=C/O[C@@]2(C)Oc3c(C)c(O)c4c(O)c(c5c(nc6cc(C)ccn65)c4c3C2=O)NC(=O)/C(C)=C\C=C\C(C)(C)[C@H](C)[C@H](O)[C@@H](C)[C@@H](O)[C@@H](C)[C@H](OC(C)=O)[C@@H]1C. The molecule has 2 aliphatic rings. The van der Waals surface area contributed by atoms with Gasteiger partial charge in [-0.25, -0.2) is 4.98 Å². The summed E-state index contributed by atoms with van der Waals surface area (Å²) in [4.78, 5) is 45.9. The van der Waals surface area contributed by atoms with Crippen molar-refractivity contribution in [2.24, 2.45) is 29.1 Å². The predicted octanol–water partition coefficient (Wildman–Crippen LogP) is 7.18. The Hall–Kier alpha value is -5.44. The number of aryl methyl sites for hydroxylation is 1. The second kappa shape index (κ2) is 16.2. The van der Waals surface area contributed by atoms with Crippen molar-refractivity contribution in [1.29, 1.82) is 0 Å². The summed E-state index contributed by atoms with van der Waals surface area (Å²) in [6.07, 6.45) is 5.99. The number of nitrogens with zero attached hydrogens (tertiary/aromatic N) is 2. The van der Waals surface area contributed by atoms with Crippen molar-refractivity contribution >= 4 is 50.8 Å². The summed E-state index contributed by atoms with van der Waals surface area (Å²) in [5.41, 5.74) is 1.61. The van der Waals surface area contributed by atoms with E-state index in [0.29, 0.717) is 5.65 Å². The van der Waals surface area contributed by atoms with Gasteiger partial charge in [-0.1, -0.05) is 59.8 Å². The summed E-state index contributed by atoms with van der Waals surface area (Å²) in [6, 6.07) is 3.65. The fourth-order valence-electron chi connectivity index (χ4n) is 8.55. The highest BCUT2D eigenvalue weighted by molar-refractivity contribution is 6.28. The molecule has 1 amide bonds. The average Bonchev–Trinajstić information content (AvgIpc) is 3.70. The van der Waals surface area contributed by atoms with Gasteiger partial charge in [-0.15, -0.1) is 0 Å². The number of ketones is 1. The van der Waals surface area contributed by atoms with Crippen LogP contribution in [0.2, 0.25) is 0 Å². The fraction of sp³-hybridized carbons (Fsp3) is 0.478. The Labute approximate surface area is 349 Å². The zero-order valence-corrected chi connectivity index (χ0v) is 36.3. The number of aromatic hydroxyl groups is 2. The number of aliphatic hydroxyl groups is 2. The number of nitrogens with one attached hydrogen (secondary N) is 1. The number of hydrogen-bond acceptors (Lipinski definition) is 12. The molecule has 9 atom stereocenters. The van der Waals surface area contributed by atoms with Gasteiger partial charge in [-0.3, -0.25) is 18.8 Å². The van der Waals surface area contributed by atoms with Gasteiger partial charge < -0.3 is 44.7 Å². The highest BCUT2D eigenvalue weighted by Gasteiger charge is 2.50. The van der Waals surface area contributed by atoms with E-state index < -0.39 is 76.8 Å². The van der Waals surface area contributed by atoms with E-state index >= 15 is 0 Å². The molecule has 0 spiro atoms. The van der Waals surface area contributed by atoms with E-state index in [4.69, 9.17) is 23.9 Å². The van der Waals surface area contributed by atoms with E-state index in [-0.39, 0.29) is 61.6 Å². The van der Waals surface area contributed by atoms with Crippen molar-refractivity contribution in [2.75, 3.05) is 12.4 Å². The number of amides is 1. The number of allylic oxidation sites excluding steroid dienone is 3. The molecule has 14 nitrogen and oxygen atoms in total. The second-order valence-electron chi connectivity index (χ2n) is 17.3. The monoisotopic (exact) mass is 827 g/mol. The number of methoxy groups -OCH3 is 1. The standard InChI is InChI=1S/C46H57N3O11/c1-21-15-18-49-30(20-21)47-34-31-32-39(53)26(6)42-33(31)43(55)46(11,60-42)58-19-16-29(57-12)23(3)41(59-28(8)50)25(5)37(51)24(4)38(52)27(7)45(9,10)17-13-14-22(2)44(56)48-35(36(34)49)40(32)54/h13-20,23-25,27,29,37-38,41,51-54H,1-12H3,(H,48,56)/b17-13+,19-16+,22-14-/t23-,24+,25-,27-,29+,37-,38-,41-,46+/m1/s1. The number of imidazole rings is 1. The quantitative estimate of drug-likeness (QED) is 0.101. The molecule has 5 N–H and O–H groups in total. The largest absolute Gasteiger partial charge is 0.507 e. The number of fused-ring (bicyclic) bond motifs is 2. The summed E-state index contributed by atoms with van der Waals surface area (Å²) in [5.74, 6) is -6.84. The number of benzene rings is 2. The van der Waals surface area contributed by atoms with E-state index in [1.807, 2.05) is 45.9 Å². The zero-order valence-electron chi connectivity index (χ0n) is 36.3. The molecule has 2 aromatic carbocycles. The average molecular weight is 828 g/mol. The zero-order chi connectivity index (χ0) is 44.3. The molecule has 4 heterocycles. The lowest BCUT2D eigenvalue weighted by atomic mass is 9.71. The minimum absolute atomic E-state index is 0.0174. The lowest BCUT2D eigenvalue weighted by Gasteiger charge is -2.40. The Morgan fingerprint density at radius 3 is 2.30 bits per heavy atom. The lowest BCUT2D eigenvalue weighted by Crippen LogP contribution is -2.47. The predicted molar refractivity (Wildman–Crippen MR) is 227 cm³/mol. The number of carbonyl (C=O) groups is 3. The Balaban J connectivity index is 1.58. The third-order valence-electron chi connectivity index (χ3n) is 12.8. The normalized spacial score (nSPS) is 31.0. The first kappa shape index (κ1) is 44.1. The summed E-state index contributed by atoms with van der Waals surface area (Å²) in [6.45, 7) is 18.8. The van der Waals surface area contributed by atoms with Crippen LogP contribution in [0.5, 0.6) is 17.2 Å². The van der Waals surface area contributed by atoms with Gasteiger partial charge >= 0.3 is 11.8 Å². The maximum atomic E-state index is 14.6. The van der Waals surface area contributed by atoms with Crippen LogP contribution in [0.25, 0.3) is 27.5 Å². The van der Waals surface area contributed by atoms with Gasteiger partial charge in [-0.2, -0.15) is 0 Å². The van der Waals surface area contributed by atoms with E-state index in [1.165, 1.54) is 27.2 Å². The molecule has 2 aromatic heterocycles. The Bertz CT molecular complexity index is 2480. The maximum absolute atomic E-state index is 14.6. The number of carbonyl (C=O) groups excluding carboxylic acids is 3. The van der Waals surface area contributed by atoms with Gasteiger partial charge in [0.05, 0.1) is 35.5 Å². The highest BCUT2D eigenvalue weighted by Crippen LogP contribution is 2.54. The minimum atomic E-state index is -1.97. The molecule has 0 saturated carbocycles. The van der Waals surface area contributed by atoms with Crippen molar-refractivity contribution in [2.45, 2.75) is 106 Å². The molecule has 0 fully saturated rings. The van der Waals surface area contributed by atoms with Crippen LogP contribution in [0.3, 0.4) is 0 Å². The van der Waals surface area contributed by atoms with Gasteiger partial charge in [0.2, 0.25) is 0 Å². The van der Waals surface area contributed by atoms with Gasteiger partial charge in [0.15, 0.2) is 5.75 Å². The number of hydrogen-bond donors (Lipinski definition) is 5. The number of phenols is 2. The van der Waals surface area contributed by atoms with Crippen molar-refractivity contribution in [3.8, 4) is 17.2 Å². The molecular formula is C46H57N3O11. The maximum Gasteiger partial charge on any atom is 0.312 e. The molecule has 0 radical (unpaired) electrons. The number of aliphatic hydroxyl groups excluding tert-OH is 2. The highest BCUT2D eigenvalue weighted by atomic mass is 16.7. The summed E-state index contributed by atoms with van der Waals surface area (Å²) in [7, 11) is 1.46. The summed E-state index contributed by atoms with van der Waals surface area (Å²) in [5, 5.41) is 50.1. The van der Waals surface area contributed by atoms with Crippen LogP contribution < -0.4 is 10.1 Å². The van der Waals surface area contributed by atoms with E-state index in [0.717, 1.165) is 5.56 Å². The molecule has 0 saturated heterocycles. The molecule has 4 bridgehead atoms. The van der Waals surface area contributed by atoms with Gasteiger partial charge in [0.1, 0.15) is 40.0 Å². The first-order valence-corrected chi connectivity index (χ1v) is 20.2. The molecule has 0 unspecified atom stereocenters. The van der Waals surface area contributed by atoms with Crippen LogP contribution in [-0.2, 0) is 23.8 Å². The summed E-state index contributed by atoms with van der Waals surface area (Å²) < 4.78 is 25.7. The van der Waals surface area contributed by atoms with Crippen LogP contribution >= 0.6 is 0 Å². The third-order valence-corrected chi connectivity index (χ3v) is 12.8. The van der Waals surface area contributed by atoms with Crippen LogP contribution in [0.4, 0.5) is 5.69 Å². The molecule has 2 aliphatic heterocycles. The molecule has 322 valence electrons. The molecule has 4 aromatic rings. The van der Waals surface area contributed by atoms with Gasteiger partial charge in [0.25, 0.3) is 11.7 Å². The smallest absolute Gasteiger partial charge is 0.312 e. The van der Waals surface area contributed by atoms with Crippen molar-refractivity contribution < 1.29 is 53.8 Å². The second-order valence-corrected chi connectivity index (χ2v) is 17.3. The van der Waals surface area contributed by atoms with Crippen LogP contribution in [-0.4, -0.2) is 84.8 Å². The fourth-order valence-corrected chi connectivity index (χ4v) is 8.55. The first-order chi connectivity index (χ1) is 28.1. The molecule has 60 heavy (non-hydrogen) atoms. The number of rotatable bonds is 2. The van der Waals surface area contributed by atoms with Crippen LogP contribution in [0.1, 0.15) is 83.8 Å². The minimum Gasteiger partial charge on any atom is -0.507 e. The Kier molecular flexibility index (Phi) is 11.9. The van der Waals surface area contributed by atoms with Gasteiger partial charge in [-0.05, 0) is 55.9 Å². The number of ether oxygens (including phenoxy) is 4. The van der Waals surface area contributed by atoms with Crippen LogP contribution in [0, 0.1) is 42.9 Å². The van der Waals surface area contributed by atoms with Crippen molar-refractivity contribution in [1.82, 2.24) is 9.38 Å². The van der Waals surface area contributed by atoms with E-state index in [9.17, 15) is 34.8 Å². The number of pyridine rings is 1. The van der Waals surface area contributed by atoms with Gasteiger partial charge in [0, 0.05) is 61.4 Å². The first-order valence-electron chi connectivity index (χ1n) is 20.2. The number of aromatic nitrogens is 2. The number of esters is 1. The number of phenolic OH excluding ortho intramolecular Hbond substituents is 2. The lowest BCUT2D eigenvalue weighted by molar-refractivity contribution is -0.161.